The molecule has 1 N–H and O–H groups in total. The SMILES string of the molecule is CCN(CC)C(CNC(=O)Cc1nc2nc(C)cc(C)n2n1)Cc1ccccc1. The van der Waals surface area contributed by atoms with Crippen LogP contribution in [0.1, 0.15) is 36.6 Å². The van der Waals surface area contributed by atoms with E-state index < -0.39 is 0 Å². The molecule has 2 heterocycles. The van der Waals surface area contributed by atoms with Gasteiger partial charge >= 0.3 is 0 Å². The van der Waals surface area contributed by atoms with Crippen molar-refractivity contribution in [1.82, 2.24) is 29.8 Å². The molecule has 0 aliphatic carbocycles. The van der Waals surface area contributed by atoms with Crippen LogP contribution in [0, 0.1) is 13.8 Å². The van der Waals surface area contributed by atoms with Crippen LogP contribution in [0.3, 0.4) is 0 Å². The molecular weight excluding hydrogens is 364 g/mol. The van der Waals surface area contributed by atoms with E-state index in [4.69, 9.17) is 0 Å². The number of nitrogens with zero attached hydrogens (tertiary/aromatic N) is 5. The lowest BCUT2D eigenvalue weighted by Crippen LogP contribution is -2.45. The van der Waals surface area contributed by atoms with Crippen LogP contribution in [0.2, 0.25) is 0 Å². The van der Waals surface area contributed by atoms with E-state index in [0.717, 1.165) is 30.9 Å². The predicted octanol–water partition coefficient (Wildman–Crippen LogP) is 2.35. The van der Waals surface area contributed by atoms with Gasteiger partial charge in [-0.3, -0.25) is 9.69 Å². The summed E-state index contributed by atoms with van der Waals surface area (Å²) in [5.74, 6) is 0.960. The average Bonchev–Trinajstić information content (AvgIpc) is 3.10. The molecule has 2 aromatic heterocycles. The van der Waals surface area contributed by atoms with Crippen molar-refractivity contribution >= 4 is 11.7 Å². The topological polar surface area (TPSA) is 75.4 Å². The van der Waals surface area contributed by atoms with Crippen molar-refractivity contribution < 1.29 is 4.79 Å². The number of nitrogens with one attached hydrogen (secondary N) is 1. The van der Waals surface area contributed by atoms with Gasteiger partial charge in [0.15, 0.2) is 5.82 Å². The van der Waals surface area contributed by atoms with Crippen molar-refractivity contribution in [1.29, 1.82) is 0 Å². The van der Waals surface area contributed by atoms with Crippen molar-refractivity contribution in [3.8, 4) is 0 Å². The van der Waals surface area contributed by atoms with Crippen molar-refractivity contribution in [2.45, 2.75) is 46.6 Å². The summed E-state index contributed by atoms with van der Waals surface area (Å²) in [7, 11) is 0. The summed E-state index contributed by atoms with van der Waals surface area (Å²) < 4.78 is 1.68. The highest BCUT2D eigenvalue weighted by atomic mass is 16.1. The zero-order chi connectivity index (χ0) is 20.8. The summed E-state index contributed by atoms with van der Waals surface area (Å²) in [6.45, 7) is 10.7. The number of carbonyl (C=O) groups is 1. The molecule has 3 aromatic rings. The largest absolute Gasteiger partial charge is 0.354 e. The first-order valence-electron chi connectivity index (χ1n) is 10.2. The predicted molar refractivity (Wildman–Crippen MR) is 114 cm³/mol. The third-order valence-electron chi connectivity index (χ3n) is 5.16. The second-order valence-electron chi connectivity index (χ2n) is 7.32. The number of carbonyl (C=O) groups excluding carboxylic acids is 1. The van der Waals surface area contributed by atoms with Gasteiger partial charge < -0.3 is 5.32 Å². The molecule has 154 valence electrons. The van der Waals surface area contributed by atoms with Crippen molar-refractivity contribution in [3.63, 3.8) is 0 Å². The Bertz CT molecular complexity index is 949. The minimum Gasteiger partial charge on any atom is -0.354 e. The van der Waals surface area contributed by atoms with Crippen LogP contribution in [0.5, 0.6) is 0 Å². The third kappa shape index (κ3) is 5.38. The second-order valence-corrected chi connectivity index (χ2v) is 7.32. The smallest absolute Gasteiger partial charge is 0.252 e. The number of aryl methyl sites for hydroxylation is 2. The van der Waals surface area contributed by atoms with Crippen molar-refractivity contribution in [2.75, 3.05) is 19.6 Å². The number of benzene rings is 1. The number of rotatable bonds is 9. The van der Waals surface area contributed by atoms with Gasteiger partial charge in [0.25, 0.3) is 5.78 Å². The van der Waals surface area contributed by atoms with Crippen LogP contribution >= 0.6 is 0 Å². The first-order valence-corrected chi connectivity index (χ1v) is 10.2. The van der Waals surface area contributed by atoms with Gasteiger partial charge in [0.1, 0.15) is 0 Å². The highest BCUT2D eigenvalue weighted by Gasteiger charge is 2.18. The van der Waals surface area contributed by atoms with Gasteiger partial charge in [-0.2, -0.15) is 4.98 Å². The van der Waals surface area contributed by atoms with E-state index in [1.165, 1.54) is 5.56 Å². The standard InChI is InChI=1S/C22H30N6O/c1-5-27(6-2)19(13-18-10-8-7-9-11-18)15-23-21(29)14-20-25-22-24-16(3)12-17(4)28(22)26-20/h7-12,19H,5-6,13-15H2,1-4H3,(H,23,29). The van der Waals surface area contributed by atoms with Crippen LogP contribution < -0.4 is 5.32 Å². The van der Waals surface area contributed by atoms with Crippen LogP contribution in [-0.4, -0.2) is 56.1 Å². The van der Waals surface area contributed by atoms with Crippen molar-refractivity contribution in [3.05, 3.63) is 59.2 Å². The normalized spacial score (nSPS) is 12.4. The molecule has 0 fully saturated rings. The van der Waals surface area contributed by atoms with E-state index >= 15 is 0 Å². The quantitative estimate of drug-likeness (QED) is 0.603. The van der Waals surface area contributed by atoms with Crippen molar-refractivity contribution in [2.24, 2.45) is 0 Å². The lowest BCUT2D eigenvalue weighted by molar-refractivity contribution is -0.120. The van der Waals surface area contributed by atoms with Gasteiger partial charge in [-0.1, -0.05) is 44.2 Å². The summed E-state index contributed by atoms with van der Waals surface area (Å²) >= 11 is 0. The van der Waals surface area contributed by atoms with Crippen LogP contribution in [0.4, 0.5) is 0 Å². The van der Waals surface area contributed by atoms with Crippen LogP contribution in [0.15, 0.2) is 36.4 Å². The highest BCUT2D eigenvalue weighted by Crippen LogP contribution is 2.09. The minimum absolute atomic E-state index is 0.0690. The summed E-state index contributed by atoms with van der Waals surface area (Å²) in [5.41, 5.74) is 3.12. The maximum Gasteiger partial charge on any atom is 0.252 e. The number of hydrogen-bond donors (Lipinski definition) is 1. The fraction of sp³-hybridized carbons (Fsp3) is 0.455. The van der Waals surface area contributed by atoms with E-state index in [1.807, 2.05) is 26.0 Å². The summed E-state index contributed by atoms with van der Waals surface area (Å²) in [6.07, 6.45) is 1.05. The molecule has 1 atom stereocenters. The number of hydrogen-bond acceptors (Lipinski definition) is 5. The molecule has 0 aliphatic rings. The van der Waals surface area contributed by atoms with Gasteiger partial charge in [0.2, 0.25) is 5.91 Å². The molecule has 0 radical (unpaired) electrons. The monoisotopic (exact) mass is 394 g/mol. The molecule has 29 heavy (non-hydrogen) atoms. The molecule has 1 amide bonds. The molecular formula is C22H30N6O. The molecule has 0 bridgehead atoms. The van der Waals surface area contributed by atoms with Gasteiger partial charge in [0, 0.05) is 24.0 Å². The molecule has 1 unspecified atom stereocenters. The lowest BCUT2D eigenvalue weighted by Gasteiger charge is -2.30. The maximum absolute atomic E-state index is 12.6. The Hall–Kier alpha value is -2.80. The van der Waals surface area contributed by atoms with Crippen LogP contribution in [-0.2, 0) is 17.6 Å². The minimum atomic E-state index is -0.0690. The zero-order valence-corrected chi connectivity index (χ0v) is 17.7. The summed E-state index contributed by atoms with van der Waals surface area (Å²) in [6, 6.07) is 12.6. The van der Waals surface area contributed by atoms with E-state index in [2.05, 4.69) is 63.4 Å². The van der Waals surface area contributed by atoms with Gasteiger partial charge in [-0.25, -0.2) is 9.50 Å². The third-order valence-corrected chi connectivity index (χ3v) is 5.16. The Morgan fingerprint density at radius 2 is 1.86 bits per heavy atom. The lowest BCUT2D eigenvalue weighted by atomic mass is 10.0. The van der Waals surface area contributed by atoms with E-state index in [0.29, 0.717) is 18.1 Å². The van der Waals surface area contributed by atoms with E-state index in [-0.39, 0.29) is 18.4 Å². The first kappa shape index (κ1) is 20.9. The van der Waals surface area contributed by atoms with Crippen LogP contribution in [0.25, 0.3) is 5.78 Å². The molecule has 0 spiro atoms. The Kier molecular flexibility index (Phi) is 6.93. The fourth-order valence-electron chi connectivity index (χ4n) is 3.68. The molecule has 7 heteroatoms. The maximum atomic E-state index is 12.6. The molecule has 3 rings (SSSR count). The number of aromatic nitrogens is 4. The average molecular weight is 395 g/mol. The number of likely N-dealkylation sites (N-methyl/N-ethyl adjacent to an activating group) is 1. The van der Waals surface area contributed by atoms with Gasteiger partial charge in [-0.15, -0.1) is 5.10 Å². The number of amides is 1. The molecule has 7 nitrogen and oxygen atoms in total. The number of fused-ring (bicyclic) bond motifs is 1. The summed E-state index contributed by atoms with van der Waals surface area (Å²) in [4.78, 5) is 23.7. The van der Waals surface area contributed by atoms with Gasteiger partial charge in [-0.05, 0) is 45.0 Å². The Morgan fingerprint density at radius 3 is 2.55 bits per heavy atom. The fourth-order valence-corrected chi connectivity index (χ4v) is 3.68. The van der Waals surface area contributed by atoms with E-state index in [9.17, 15) is 4.79 Å². The highest BCUT2D eigenvalue weighted by molar-refractivity contribution is 5.77. The molecule has 1 aromatic carbocycles. The second kappa shape index (κ2) is 9.60. The Labute approximate surface area is 172 Å². The van der Waals surface area contributed by atoms with Gasteiger partial charge in [0.05, 0.1) is 6.42 Å². The molecule has 0 aliphatic heterocycles. The zero-order valence-electron chi connectivity index (χ0n) is 17.7. The molecule has 0 saturated carbocycles. The first-order chi connectivity index (χ1) is 14.0. The van der Waals surface area contributed by atoms with E-state index in [1.54, 1.807) is 4.52 Å². The summed E-state index contributed by atoms with van der Waals surface area (Å²) in [5, 5.41) is 7.51. The molecule has 0 saturated heterocycles. The Balaban J connectivity index is 1.64. The Morgan fingerprint density at radius 1 is 1.14 bits per heavy atom.